The second-order valence-corrected chi connectivity index (χ2v) is 10.1. The second kappa shape index (κ2) is 8.34. The van der Waals surface area contributed by atoms with Gasteiger partial charge in [-0.2, -0.15) is 0 Å². The lowest BCUT2D eigenvalue weighted by Gasteiger charge is -2.36. The minimum absolute atomic E-state index is 0.0143. The van der Waals surface area contributed by atoms with E-state index in [1.165, 1.54) is 6.42 Å². The molecule has 158 valence electrons. The monoisotopic (exact) mass is 419 g/mol. The molecule has 1 aromatic rings. The van der Waals surface area contributed by atoms with Gasteiger partial charge in [0.15, 0.2) is 0 Å². The highest BCUT2D eigenvalue weighted by Crippen LogP contribution is 2.30. The molecule has 0 aromatic heterocycles. The van der Waals surface area contributed by atoms with Gasteiger partial charge in [-0.25, -0.2) is 8.42 Å². The van der Waals surface area contributed by atoms with Crippen LogP contribution in [0.15, 0.2) is 22.6 Å². The van der Waals surface area contributed by atoms with Gasteiger partial charge in [-0.05, 0) is 37.3 Å². The summed E-state index contributed by atoms with van der Waals surface area (Å²) >= 11 is 0. The van der Waals surface area contributed by atoms with E-state index >= 15 is 0 Å². The van der Waals surface area contributed by atoms with Crippen LogP contribution in [0.4, 0.5) is 0 Å². The Morgan fingerprint density at radius 2 is 1.97 bits per heavy atom. The van der Waals surface area contributed by atoms with Crippen LogP contribution in [0.1, 0.15) is 56.1 Å². The van der Waals surface area contributed by atoms with E-state index in [0.29, 0.717) is 29.4 Å². The van der Waals surface area contributed by atoms with Crippen LogP contribution in [0.25, 0.3) is 0 Å². The lowest BCUT2D eigenvalue weighted by Crippen LogP contribution is -2.44. The average Bonchev–Trinajstić information content (AvgIpc) is 2.71. The molecule has 1 atom stereocenters. The van der Waals surface area contributed by atoms with Crippen molar-refractivity contribution < 1.29 is 17.9 Å². The molecule has 1 aliphatic carbocycles. The number of likely N-dealkylation sites (tertiary alicyclic amines) is 1. The molecule has 3 aliphatic rings. The molecule has 2 heterocycles. The van der Waals surface area contributed by atoms with Crippen LogP contribution in [0.2, 0.25) is 0 Å². The number of carbonyl (C=O) groups is 1. The number of nitrogens with two attached hydrogens (primary N) is 1. The lowest BCUT2D eigenvalue weighted by molar-refractivity contribution is -0.138. The largest absolute Gasteiger partial charge is 0.492 e. The Bertz CT molecular complexity index is 907. The topological polar surface area (TPSA) is 102 Å². The Labute approximate surface area is 172 Å². The van der Waals surface area contributed by atoms with E-state index in [9.17, 15) is 13.2 Å². The van der Waals surface area contributed by atoms with Gasteiger partial charge < -0.3 is 15.4 Å². The molecule has 0 spiro atoms. The highest BCUT2D eigenvalue weighted by Gasteiger charge is 2.30. The van der Waals surface area contributed by atoms with Crippen LogP contribution >= 0.6 is 0 Å². The number of carbonyl (C=O) groups excluding carboxylic acids is 1. The number of rotatable bonds is 4. The van der Waals surface area contributed by atoms with Crippen LogP contribution < -0.4 is 10.5 Å². The predicted octanol–water partition coefficient (Wildman–Crippen LogP) is 2.43. The Balaban J connectivity index is 1.40. The van der Waals surface area contributed by atoms with E-state index in [1.54, 1.807) is 18.2 Å². The average molecular weight is 420 g/mol. The fourth-order valence-corrected chi connectivity index (χ4v) is 5.84. The van der Waals surface area contributed by atoms with E-state index in [0.717, 1.165) is 51.6 Å². The van der Waals surface area contributed by atoms with Gasteiger partial charge in [0.25, 0.3) is 10.0 Å². The van der Waals surface area contributed by atoms with Crippen molar-refractivity contribution in [1.82, 2.24) is 4.90 Å². The Morgan fingerprint density at radius 1 is 1.17 bits per heavy atom. The molecule has 4 rings (SSSR count). The molecule has 1 aromatic carbocycles. The minimum atomic E-state index is -3.56. The third kappa shape index (κ3) is 4.57. The number of fused-ring (bicyclic) bond motifs is 1. The molecule has 1 saturated heterocycles. The smallest absolute Gasteiger partial charge is 0.259 e. The van der Waals surface area contributed by atoms with Crippen molar-refractivity contribution >= 4 is 21.8 Å². The van der Waals surface area contributed by atoms with Gasteiger partial charge in [0, 0.05) is 24.9 Å². The first kappa shape index (κ1) is 20.2. The Hall–Kier alpha value is -2.09. The first-order valence-electron chi connectivity index (χ1n) is 10.5. The van der Waals surface area contributed by atoms with E-state index in [2.05, 4.69) is 4.40 Å². The highest BCUT2D eigenvalue weighted by atomic mass is 32.2. The second-order valence-electron chi connectivity index (χ2n) is 8.43. The molecule has 2 N–H and O–H groups in total. The van der Waals surface area contributed by atoms with E-state index in [-0.39, 0.29) is 23.4 Å². The molecular weight excluding hydrogens is 390 g/mol. The number of ether oxygens (including phenoxy) is 1. The summed E-state index contributed by atoms with van der Waals surface area (Å²) in [5.41, 5.74) is 7.11. The van der Waals surface area contributed by atoms with Gasteiger partial charge in [-0.1, -0.05) is 31.4 Å². The van der Waals surface area contributed by atoms with Gasteiger partial charge in [0.05, 0.1) is 17.9 Å². The summed E-state index contributed by atoms with van der Waals surface area (Å²) < 4.78 is 33.3. The molecule has 1 amide bonds. The maximum absolute atomic E-state index is 12.9. The SMILES string of the molecule is NC1=NS(=O)(=O)Cc2cccc(OC[C@H]3CCCN(C(=O)C4CCCCC4)C3)c21. The van der Waals surface area contributed by atoms with Crippen molar-refractivity contribution in [1.29, 1.82) is 0 Å². The van der Waals surface area contributed by atoms with Crippen LogP contribution in [0.3, 0.4) is 0 Å². The quantitative estimate of drug-likeness (QED) is 0.807. The zero-order valence-corrected chi connectivity index (χ0v) is 17.5. The summed E-state index contributed by atoms with van der Waals surface area (Å²) in [5, 5.41) is 0. The molecule has 2 aliphatic heterocycles. The molecule has 7 nitrogen and oxygen atoms in total. The van der Waals surface area contributed by atoms with Gasteiger partial charge in [0.2, 0.25) is 5.91 Å². The summed E-state index contributed by atoms with van der Waals surface area (Å²) in [5.74, 6) is 1.16. The normalized spacial score (nSPS) is 24.5. The number of sulfonamides is 1. The molecule has 0 radical (unpaired) electrons. The van der Waals surface area contributed by atoms with Crippen molar-refractivity contribution in [3.63, 3.8) is 0 Å². The number of hydrogen-bond donors (Lipinski definition) is 1. The molecule has 2 fully saturated rings. The van der Waals surface area contributed by atoms with Crippen LogP contribution in [0, 0.1) is 11.8 Å². The maximum Gasteiger partial charge on any atom is 0.259 e. The number of nitrogens with zero attached hydrogens (tertiary/aromatic N) is 2. The lowest BCUT2D eigenvalue weighted by atomic mass is 9.87. The Kier molecular flexibility index (Phi) is 5.81. The van der Waals surface area contributed by atoms with Crippen LogP contribution in [-0.4, -0.2) is 44.8 Å². The zero-order chi connectivity index (χ0) is 20.4. The van der Waals surface area contributed by atoms with Crippen molar-refractivity contribution in [3.05, 3.63) is 29.3 Å². The van der Waals surface area contributed by atoms with Crippen molar-refractivity contribution in [2.24, 2.45) is 22.0 Å². The number of hydrogen-bond acceptors (Lipinski definition) is 5. The number of piperidine rings is 1. The zero-order valence-electron chi connectivity index (χ0n) is 16.7. The summed E-state index contributed by atoms with van der Waals surface area (Å²) in [6, 6.07) is 5.32. The molecular formula is C21H29N3O4S. The fraction of sp³-hybridized carbons (Fsp3) is 0.619. The van der Waals surface area contributed by atoms with Crippen molar-refractivity contribution in [2.45, 2.75) is 50.7 Å². The van der Waals surface area contributed by atoms with Gasteiger partial charge >= 0.3 is 0 Å². The van der Waals surface area contributed by atoms with E-state index in [4.69, 9.17) is 10.5 Å². The third-order valence-corrected chi connectivity index (χ3v) is 7.35. The number of benzene rings is 1. The molecule has 8 heteroatoms. The van der Waals surface area contributed by atoms with Crippen molar-refractivity contribution in [2.75, 3.05) is 19.7 Å². The summed E-state index contributed by atoms with van der Waals surface area (Å²) in [6.07, 6.45) is 7.61. The summed E-state index contributed by atoms with van der Waals surface area (Å²) in [4.78, 5) is 14.9. The first-order chi connectivity index (χ1) is 13.9. The first-order valence-corrected chi connectivity index (χ1v) is 12.2. The third-order valence-electron chi connectivity index (χ3n) is 6.20. The standard InChI is InChI=1S/C21H29N3O4S/c22-20-19-17(14-29(26,27)23-20)9-4-10-18(19)28-13-15-6-5-11-24(12-15)21(25)16-7-2-1-3-8-16/h4,9-10,15-16H,1-3,5-8,11-14H2,(H2,22,23)/t15-/m0/s1. The van der Waals surface area contributed by atoms with Crippen LogP contribution in [-0.2, 0) is 20.6 Å². The van der Waals surface area contributed by atoms with Gasteiger partial charge in [0.1, 0.15) is 11.6 Å². The summed E-state index contributed by atoms with van der Waals surface area (Å²) in [7, 11) is -3.56. The minimum Gasteiger partial charge on any atom is -0.492 e. The fourth-order valence-electron chi connectivity index (χ4n) is 4.75. The molecule has 0 unspecified atom stereocenters. The Morgan fingerprint density at radius 3 is 2.76 bits per heavy atom. The van der Waals surface area contributed by atoms with Gasteiger partial charge in [-0.3, -0.25) is 4.79 Å². The van der Waals surface area contributed by atoms with Crippen LogP contribution in [0.5, 0.6) is 5.75 Å². The van der Waals surface area contributed by atoms with E-state index < -0.39 is 10.0 Å². The number of amidine groups is 1. The maximum atomic E-state index is 12.9. The molecule has 1 saturated carbocycles. The highest BCUT2D eigenvalue weighted by molar-refractivity contribution is 7.89. The van der Waals surface area contributed by atoms with E-state index in [1.807, 2.05) is 4.90 Å². The number of amides is 1. The summed E-state index contributed by atoms with van der Waals surface area (Å²) in [6.45, 7) is 2.04. The molecule has 0 bridgehead atoms. The molecule has 29 heavy (non-hydrogen) atoms. The van der Waals surface area contributed by atoms with Gasteiger partial charge in [-0.15, -0.1) is 4.40 Å². The predicted molar refractivity (Wildman–Crippen MR) is 111 cm³/mol. The van der Waals surface area contributed by atoms with Crippen molar-refractivity contribution in [3.8, 4) is 5.75 Å².